The van der Waals surface area contributed by atoms with Crippen molar-refractivity contribution in [3.8, 4) is 0 Å². The summed E-state index contributed by atoms with van der Waals surface area (Å²) < 4.78 is 35.9. The summed E-state index contributed by atoms with van der Waals surface area (Å²) >= 11 is 0. The fourth-order valence-corrected chi connectivity index (χ4v) is 1.97. The monoisotopic (exact) mass is 421 g/mol. The minimum atomic E-state index is -1.42. The minimum absolute atomic E-state index is 0.860. The molecule has 5 nitrogen and oxygen atoms in total. The molecular formula is C23H18F3N5. The third-order valence-electron chi connectivity index (χ3n) is 3.36. The summed E-state index contributed by atoms with van der Waals surface area (Å²) in [6.45, 7) is 0. The number of aromatic nitrogens is 5. The molecule has 3 heterocycles. The van der Waals surface area contributed by atoms with Crippen LogP contribution in [0, 0.1) is 17.5 Å². The zero-order valence-corrected chi connectivity index (χ0v) is 16.3. The number of para-hydroxylation sites is 1. The Balaban J connectivity index is 0.000000151. The van der Waals surface area contributed by atoms with Gasteiger partial charge in [0.2, 0.25) is 0 Å². The average Bonchev–Trinajstić information content (AvgIpc) is 2.86. The number of hydrogen-bond donors (Lipinski definition) is 0. The van der Waals surface area contributed by atoms with Gasteiger partial charge in [-0.15, -0.1) is 0 Å². The van der Waals surface area contributed by atoms with Crippen molar-refractivity contribution in [1.29, 1.82) is 0 Å². The minimum Gasteiger partial charge on any atom is -0.265 e. The van der Waals surface area contributed by atoms with Crippen LogP contribution in [0.5, 0.6) is 0 Å². The molecule has 0 aliphatic heterocycles. The highest BCUT2D eigenvalue weighted by molar-refractivity contribution is 5.76. The van der Waals surface area contributed by atoms with Crippen LogP contribution in [0.15, 0.2) is 110 Å². The van der Waals surface area contributed by atoms with Crippen LogP contribution in [0.1, 0.15) is 0 Å². The first-order valence-corrected chi connectivity index (χ1v) is 8.97. The number of hydrogen-bond acceptors (Lipinski definition) is 5. The van der Waals surface area contributed by atoms with Crippen LogP contribution in [0.2, 0.25) is 0 Å². The second-order valence-corrected chi connectivity index (χ2v) is 5.55. The number of fused-ring (bicyclic) bond motifs is 1. The standard InChI is InChI=1S/C8H6N2.C6H3F3.C5H5N.C4H4N2/c1-2-4-8-7(3-1)5-9-6-10-8;7-4-2-1-3-5(8)6(4)9;1-2-4-6-5-3-1;1-2-5-4-6-3-1/h1-6H;1-3H;1-5H;1-4H. The maximum Gasteiger partial charge on any atom is 0.194 e. The lowest BCUT2D eigenvalue weighted by Crippen LogP contribution is -1.86. The Morgan fingerprint density at radius 2 is 1.16 bits per heavy atom. The van der Waals surface area contributed by atoms with E-state index in [1.165, 1.54) is 6.33 Å². The summed E-state index contributed by atoms with van der Waals surface area (Å²) in [5, 5.41) is 1.09. The third kappa shape index (κ3) is 9.23. The van der Waals surface area contributed by atoms with E-state index in [0.717, 1.165) is 29.1 Å². The molecule has 0 amide bonds. The van der Waals surface area contributed by atoms with Crippen molar-refractivity contribution in [2.24, 2.45) is 0 Å². The van der Waals surface area contributed by atoms with E-state index in [4.69, 9.17) is 0 Å². The quantitative estimate of drug-likeness (QED) is 0.318. The van der Waals surface area contributed by atoms with E-state index in [9.17, 15) is 13.2 Å². The molecule has 5 rings (SSSR count). The van der Waals surface area contributed by atoms with Gasteiger partial charge in [-0.2, -0.15) is 0 Å². The maximum absolute atomic E-state index is 12.0. The molecule has 0 aliphatic carbocycles. The van der Waals surface area contributed by atoms with Crippen LogP contribution in [0.4, 0.5) is 13.2 Å². The molecule has 0 bridgehead atoms. The second kappa shape index (κ2) is 13.9. The van der Waals surface area contributed by atoms with Gasteiger partial charge in [-0.25, -0.2) is 33.1 Å². The third-order valence-corrected chi connectivity index (χ3v) is 3.36. The Morgan fingerprint density at radius 3 is 1.61 bits per heavy atom. The van der Waals surface area contributed by atoms with Crippen molar-refractivity contribution >= 4 is 10.9 Å². The van der Waals surface area contributed by atoms with Gasteiger partial charge in [-0.05, 0) is 36.4 Å². The molecule has 0 fully saturated rings. The lowest BCUT2D eigenvalue weighted by Gasteiger charge is -1.90. The molecule has 2 aromatic carbocycles. The van der Waals surface area contributed by atoms with Gasteiger partial charge in [-0.3, -0.25) is 4.98 Å². The molecule has 31 heavy (non-hydrogen) atoms. The summed E-state index contributed by atoms with van der Waals surface area (Å²) in [5.74, 6) is -3.73. The molecule has 0 atom stereocenters. The van der Waals surface area contributed by atoms with E-state index in [-0.39, 0.29) is 0 Å². The molecule has 0 radical (unpaired) electrons. The van der Waals surface area contributed by atoms with E-state index >= 15 is 0 Å². The number of rotatable bonds is 0. The predicted octanol–water partition coefficient (Wildman–Crippen LogP) is 5.29. The molecule has 8 heteroatoms. The summed E-state index contributed by atoms with van der Waals surface area (Å²) in [5.41, 5.74) is 0.998. The Hall–Kier alpha value is -4.20. The van der Waals surface area contributed by atoms with E-state index in [2.05, 4.69) is 24.9 Å². The first-order chi connectivity index (χ1) is 15.2. The molecule has 0 saturated carbocycles. The molecule has 0 aliphatic rings. The van der Waals surface area contributed by atoms with Crippen LogP contribution >= 0.6 is 0 Å². The smallest absolute Gasteiger partial charge is 0.194 e. The predicted molar refractivity (Wildman–Crippen MR) is 112 cm³/mol. The molecule has 0 spiro atoms. The largest absolute Gasteiger partial charge is 0.265 e. The van der Waals surface area contributed by atoms with Crippen molar-refractivity contribution < 1.29 is 13.2 Å². The van der Waals surface area contributed by atoms with E-state index in [1.807, 2.05) is 48.7 Å². The van der Waals surface area contributed by atoms with Crippen molar-refractivity contribution in [3.63, 3.8) is 0 Å². The number of pyridine rings is 1. The molecule has 0 N–H and O–H groups in total. The second-order valence-electron chi connectivity index (χ2n) is 5.55. The highest BCUT2D eigenvalue weighted by Gasteiger charge is 2.04. The van der Waals surface area contributed by atoms with Gasteiger partial charge in [0.25, 0.3) is 0 Å². The Kier molecular flexibility index (Phi) is 10.3. The van der Waals surface area contributed by atoms with E-state index in [1.54, 1.807) is 37.2 Å². The van der Waals surface area contributed by atoms with Gasteiger partial charge < -0.3 is 0 Å². The topological polar surface area (TPSA) is 64.5 Å². The van der Waals surface area contributed by atoms with Crippen LogP contribution in [0.3, 0.4) is 0 Å². The number of benzene rings is 2. The van der Waals surface area contributed by atoms with E-state index < -0.39 is 17.5 Å². The van der Waals surface area contributed by atoms with Crippen molar-refractivity contribution in [1.82, 2.24) is 24.9 Å². The van der Waals surface area contributed by atoms with Gasteiger partial charge >= 0.3 is 0 Å². The molecule has 0 saturated heterocycles. The zero-order chi connectivity index (χ0) is 22.2. The van der Waals surface area contributed by atoms with Crippen molar-refractivity contribution in [3.05, 3.63) is 128 Å². The normalized spacial score (nSPS) is 9.13. The van der Waals surface area contributed by atoms with Crippen LogP contribution in [-0.4, -0.2) is 24.9 Å². The molecule has 5 aromatic rings. The van der Waals surface area contributed by atoms with Gasteiger partial charge in [0.05, 0.1) is 5.52 Å². The fourth-order valence-electron chi connectivity index (χ4n) is 1.97. The molecular weight excluding hydrogens is 403 g/mol. The van der Waals surface area contributed by atoms with Gasteiger partial charge in [0.15, 0.2) is 17.5 Å². The first kappa shape index (κ1) is 23.1. The maximum atomic E-state index is 12.0. The van der Waals surface area contributed by atoms with Crippen molar-refractivity contribution in [2.45, 2.75) is 0 Å². The lowest BCUT2D eigenvalue weighted by molar-refractivity contribution is 0.447. The van der Waals surface area contributed by atoms with E-state index in [0.29, 0.717) is 0 Å². The summed E-state index contributed by atoms with van der Waals surface area (Å²) in [6, 6.07) is 18.2. The Labute approximate surface area is 177 Å². The highest BCUT2D eigenvalue weighted by atomic mass is 19.2. The Morgan fingerprint density at radius 1 is 0.516 bits per heavy atom. The van der Waals surface area contributed by atoms with Gasteiger partial charge in [0, 0.05) is 36.4 Å². The highest BCUT2D eigenvalue weighted by Crippen LogP contribution is 2.08. The molecule has 3 aromatic heterocycles. The van der Waals surface area contributed by atoms with Crippen LogP contribution in [0.25, 0.3) is 10.9 Å². The lowest BCUT2D eigenvalue weighted by atomic mass is 10.2. The Bertz CT molecular complexity index is 959. The number of nitrogens with zero attached hydrogens (tertiary/aromatic N) is 5. The number of halogens is 3. The SMILES string of the molecule is Fc1cccc(F)c1F.c1ccc2ncncc2c1.c1ccncc1.c1cncnc1. The summed E-state index contributed by atoms with van der Waals surface area (Å²) in [7, 11) is 0. The van der Waals surface area contributed by atoms with Crippen LogP contribution < -0.4 is 0 Å². The van der Waals surface area contributed by atoms with Crippen LogP contribution in [-0.2, 0) is 0 Å². The average molecular weight is 421 g/mol. The summed E-state index contributed by atoms with van der Waals surface area (Å²) in [6.07, 6.45) is 11.7. The summed E-state index contributed by atoms with van der Waals surface area (Å²) in [4.78, 5) is 19.1. The van der Waals surface area contributed by atoms with Crippen molar-refractivity contribution in [2.75, 3.05) is 0 Å². The molecule has 0 unspecified atom stereocenters. The van der Waals surface area contributed by atoms with Gasteiger partial charge in [-0.1, -0.05) is 30.3 Å². The van der Waals surface area contributed by atoms with Gasteiger partial charge in [0.1, 0.15) is 12.7 Å². The molecule has 156 valence electrons. The fraction of sp³-hybridized carbons (Fsp3) is 0. The zero-order valence-electron chi connectivity index (χ0n) is 16.3. The first-order valence-electron chi connectivity index (χ1n) is 8.97.